The van der Waals surface area contributed by atoms with Gasteiger partial charge in [-0.1, -0.05) is 24.3 Å². The van der Waals surface area contributed by atoms with E-state index in [2.05, 4.69) is 35.4 Å². The third-order valence-corrected chi connectivity index (χ3v) is 12.8. The first kappa shape index (κ1) is 38.4. The van der Waals surface area contributed by atoms with E-state index < -0.39 is 0 Å². The number of hydrogen-bond donors (Lipinski definition) is 2. The Bertz CT molecular complexity index is 1920. The zero-order chi connectivity index (χ0) is 37.5. The van der Waals surface area contributed by atoms with Crippen molar-refractivity contribution >= 4 is 57.1 Å². The van der Waals surface area contributed by atoms with Crippen LogP contribution in [-0.2, 0) is 46.5 Å². The molecule has 0 spiro atoms. The maximum absolute atomic E-state index is 13.9. The Balaban J connectivity index is 1.11. The molecule has 2 amide bonds. The molecule has 2 aliphatic carbocycles. The van der Waals surface area contributed by atoms with Gasteiger partial charge in [0.15, 0.2) is 0 Å². The predicted molar refractivity (Wildman–Crippen MR) is 211 cm³/mol. The highest BCUT2D eigenvalue weighted by atomic mass is 32.1. The van der Waals surface area contributed by atoms with Gasteiger partial charge in [0.25, 0.3) is 11.8 Å². The third-order valence-electron chi connectivity index (χ3n) is 10.5. The zero-order valence-electron chi connectivity index (χ0n) is 31.0. The van der Waals surface area contributed by atoms with Gasteiger partial charge < -0.3 is 20.1 Å². The number of amides is 2. The maximum atomic E-state index is 13.9. The Labute approximate surface area is 320 Å². The smallest absolute Gasteiger partial charge is 0.348 e. The van der Waals surface area contributed by atoms with Crippen molar-refractivity contribution in [1.29, 1.82) is 0 Å². The lowest BCUT2D eigenvalue weighted by molar-refractivity contribution is -0.147. The van der Waals surface area contributed by atoms with Gasteiger partial charge >= 0.3 is 11.9 Å². The lowest BCUT2D eigenvalue weighted by atomic mass is 9.84. The number of anilines is 2. The van der Waals surface area contributed by atoms with Crippen molar-refractivity contribution in [2.24, 2.45) is 5.92 Å². The monoisotopic (exact) mass is 755 g/mol. The molecule has 0 atom stereocenters. The number of ether oxygens (including phenoxy) is 2. The minimum absolute atomic E-state index is 0.0223. The van der Waals surface area contributed by atoms with Crippen LogP contribution in [0.2, 0.25) is 0 Å². The van der Waals surface area contributed by atoms with Crippen LogP contribution in [0.25, 0.3) is 0 Å². The normalized spacial score (nSPS) is 16.9. The molecule has 1 fully saturated rings. The highest BCUT2D eigenvalue weighted by Crippen LogP contribution is 2.39. The van der Waals surface area contributed by atoms with Crippen LogP contribution in [0.5, 0.6) is 0 Å². The maximum Gasteiger partial charge on any atom is 0.348 e. The van der Waals surface area contributed by atoms with Crippen molar-refractivity contribution in [3.8, 4) is 0 Å². The van der Waals surface area contributed by atoms with E-state index in [0.29, 0.717) is 45.3 Å². The van der Waals surface area contributed by atoms with Crippen LogP contribution < -0.4 is 10.6 Å². The van der Waals surface area contributed by atoms with E-state index in [4.69, 9.17) is 9.47 Å². The molecule has 280 valence electrons. The molecular weight excluding hydrogens is 707 g/mol. The predicted octanol–water partition coefficient (Wildman–Crippen LogP) is 8.71. The molecule has 2 N–H and O–H groups in total. The van der Waals surface area contributed by atoms with Crippen LogP contribution in [0.15, 0.2) is 60.7 Å². The summed E-state index contributed by atoms with van der Waals surface area (Å²) in [6, 6.07) is 20.0. The molecule has 11 heteroatoms. The molecule has 53 heavy (non-hydrogen) atoms. The first-order valence-electron chi connectivity index (χ1n) is 18.6. The molecule has 2 aliphatic rings. The average Bonchev–Trinajstić information content (AvgIpc) is 3.81. The summed E-state index contributed by atoms with van der Waals surface area (Å²) in [4.78, 5) is 56.9. The number of fused-ring (bicyclic) bond motifs is 1. The summed E-state index contributed by atoms with van der Waals surface area (Å²) in [7, 11) is 2.85. The SMILES string of the molecule is COC(=O)c1ccc(CCc2ccc(NC(=O)c3c(NC(=O)c4cccc(CN(C(C)C)[C@H]5CC[C@H](C(=O)OC)CC5)c4)sc4c3CCCC4)cc2)s1. The molecule has 0 radical (unpaired) electrons. The fraction of sp³-hybridized carbons (Fsp3) is 0.429. The number of methoxy groups -OCH3 is 2. The molecule has 4 aromatic rings. The van der Waals surface area contributed by atoms with E-state index in [1.54, 1.807) is 6.07 Å². The number of rotatable bonds is 13. The molecule has 2 aromatic heterocycles. The summed E-state index contributed by atoms with van der Waals surface area (Å²) in [6.45, 7) is 5.09. The molecule has 0 saturated heterocycles. The van der Waals surface area contributed by atoms with Gasteiger partial charge in [0, 0.05) is 39.6 Å². The highest BCUT2D eigenvalue weighted by molar-refractivity contribution is 7.17. The largest absolute Gasteiger partial charge is 0.469 e. The van der Waals surface area contributed by atoms with Gasteiger partial charge in [-0.25, -0.2) is 4.79 Å². The van der Waals surface area contributed by atoms with Crippen molar-refractivity contribution in [3.05, 3.63) is 103 Å². The van der Waals surface area contributed by atoms with E-state index in [9.17, 15) is 19.2 Å². The Morgan fingerprint density at radius 1 is 0.811 bits per heavy atom. The Morgan fingerprint density at radius 2 is 1.57 bits per heavy atom. The van der Waals surface area contributed by atoms with E-state index in [-0.39, 0.29) is 29.7 Å². The molecule has 0 bridgehead atoms. The summed E-state index contributed by atoms with van der Waals surface area (Å²) in [5.74, 6) is -0.902. The van der Waals surface area contributed by atoms with E-state index in [1.807, 2.05) is 48.5 Å². The van der Waals surface area contributed by atoms with Gasteiger partial charge in [0.1, 0.15) is 9.88 Å². The van der Waals surface area contributed by atoms with Gasteiger partial charge in [-0.05, 0) is 131 Å². The minimum atomic E-state index is -0.317. The van der Waals surface area contributed by atoms with Crippen LogP contribution in [0.3, 0.4) is 0 Å². The number of carbonyl (C=O) groups is 4. The molecule has 1 saturated carbocycles. The lowest BCUT2D eigenvalue weighted by Crippen LogP contribution is -2.42. The van der Waals surface area contributed by atoms with Crippen LogP contribution in [0, 0.1) is 5.92 Å². The number of carbonyl (C=O) groups excluding carboxylic acids is 4. The van der Waals surface area contributed by atoms with Gasteiger partial charge in [-0.3, -0.25) is 19.3 Å². The molecule has 2 aromatic carbocycles. The summed E-state index contributed by atoms with van der Waals surface area (Å²) in [5, 5.41) is 6.81. The molecule has 6 rings (SSSR count). The van der Waals surface area contributed by atoms with Crippen LogP contribution >= 0.6 is 22.7 Å². The van der Waals surface area contributed by atoms with Crippen molar-refractivity contribution in [2.75, 3.05) is 24.9 Å². The number of hydrogen-bond acceptors (Lipinski definition) is 9. The number of nitrogens with zero attached hydrogens (tertiary/aromatic N) is 1. The summed E-state index contributed by atoms with van der Waals surface area (Å²) >= 11 is 2.96. The number of aryl methyl sites for hydroxylation is 3. The average molecular weight is 756 g/mol. The van der Waals surface area contributed by atoms with Gasteiger partial charge in [0.05, 0.1) is 25.7 Å². The Kier molecular flexibility index (Phi) is 12.8. The molecule has 0 unspecified atom stereocenters. The first-order chi connectivity index (χ1) is 25.6. The fourth-order valence-corrected chi connectivity index (χ4v) is 9.78. The van der Waals surface area contributed by atoms with Crippen LogP contribution in [0.1, 0.15) is 109 Å². The first-order valence-corrected chi connectivity index (χ1v) is 20.2. The van der Waals surface area contributed by atoms with E-state index >= 15 is 0 Å². The number of esters is 2. The lowest BCUT2D eigenvalue weighted by Gasteiger charge is -2.39. The number of benzene rings is 2. The standard InChI is InChI=1S/C42H49N3O6S2/c1-26(2)45(32-19-15-29(16-20-32)41(48)50-3)25-28-8-7-9-30(24-28)38(46)44-40-37(34-10-5-6-11-35(34)53-40)39(47)43-31-17-12-27(13-18-31)14-21-33-22-23-36(52-33)42(49)51-4/h7-9,12-13,17-18,22-24,26,29,32H,5-6,10-11,14-16,19-21,25H2,1-4H3,(H,43,47)(H,44,46)/t29-,32-. The molecular formula is C42H49N3O6S2. The number of nitrogens with one attached hydrogen (secondary N) is 2. The van der Waals surface area contributed by atoms with Crippen molar-refractivity contribution in [1.82, 2.24) is 4.90 Å². The van der Waals surface area contributed by atoms with Gasteiger partial charge in [0.2, 0.25) is 0 Å². The quantitative estimate of drug-likeness (QED) is 0.131. The third kappa shape index (κ3) is 9.44. The van der Waals surface area contributed by atoms with Gasteiger partial charge in [-0.2, -0.15) is 0 Å². The molecule has 2 heterocycles. The minimum Gasteiger partial charge on any atom is -0.469 e. The van der Waals surface area contributed by atoms with E-state index in [0.717, 1.165) is 85.8 Å². The van der Waals surface area contributed by atoms with Crippen molar-refractivity contribution in [3.63, 3.8) is 0 Å². The summed E-state index contributed by atoms with van der Waals surface area (Å²) < 4.78 is 9.80. The molecule has 0 aliphatic heterocycles. The van der Waals surface area contributed by atoms with Gasteiger partial charge in [-0.15, -0.1) is 22.7 Å². The summed E-state index contributed by atoms with van der Waals surface area (Å²) in [5.41, 5.74) is 5.02. The van der Waals surface area contributed by atoms with E-state index in [1.165, 1.54) is 41.8 Å². The van der Waals surface area contributed by atoms with Crippen LogP contribution in [0.4, 0.5) is 10.7 Å². The fourth-order valence-electron chi connectivity index (χ4n) is 7.57. The van der Waals surface area contributed by atoms with Crippen molar-refractivity contribution < 1.29 is 28.7 Å². The molecule has 9 nitrogen and oxygen atoms in total. The second-order valence-corrected chi connectivity index (χ2v) is 16.5. The second kappa shape index (κ2) is 17.7. The number of thiophene rings is 2. The second-order valence-electron chi connectivity index (χ2n) is 14.3. The topological polar surface area (TPSA) is 114 Å². The summed E-state index contributed by atoms with van der Waals surface area (Å²) in [6.07, 6.45) is 8.92. The highest BCUT2D eigenvalue weighted by Gasteiger charge is 2.31. The van der Waals surface area contributed by atoms with Crippen LogP contribution in [-0.4, -0.2) is 55.0 Å². The van der Waals surface area contributed by atoms with Crippen molar-refractivity contribution in [2.45, 2.75) is 96.7 Å². The zero-order valence-corrected chi connectivity index (χ0v) is 32.6. The Morgan fingerprint density at radius 3 is 2.28 bits per heavy atom. The Hall–Kier alpha value is -4.32.